The normalized spacial score (nSPS) is 15.8. The van der Waals surface area contributed by atoms with E-state index in [1.165, 1.54) is 14.0 Å². The molecule has 0 radical (unpaired) electrons. The lowest BCUT2D eigenvalue weighted by molar-refractivity contribution is -0.146. The Morgan fingerprint density at radius 3 is 2.59 bits per heavy atom. The van der Waals surface area contributed by atoms with E-state index in [2.05, 4.69) is 0 Å². The van der Waals surface area contributed by atoms with Gasteiger partial charge < -0.3 is 14.2 Å². The summed E-state index contributed by atoms with van der Waals surface area (Å²) in [5.41, 5.74) is 0.745. The van der Waals surface area contributed by atoms with Crippen molar-refractivity contribution >= 4 is 28.8 Å². The maximum atomic E-state index is 11.7. The third-order valence-electron chi connectivity index (χ3n) is 3.37. The summed E-state index contributed by atoms with van der Waals surface area (Å²) in [5.74, 6) is 0.185. The maximum Gasteiger partial charge on any atom is 0.351 e. The molecule has 112 valence electrons. The Morgan fingerprint density at radius 1 is 1.18 bits per heavy atom. The van der Waals surface area contributed by atoms with Crippen molar-refractivity contribution in [3.8, 4) is 11.5 Å². The zero-order valence-electron chi connectivity index (χ0n) is 12.2. The SMILES string of the molecule is COC(=O)C1C=Cc2cc(OC(C)=O)c3ccccc3c2O1. The Bertz CT molecular complexity index is 791. The fraction of sp³-hybridized carbons (Fsp3) is 0.176. The van der Waals surface area contributed by atoms with Crippen molar-refractivity contribution in [1.29, 1.82) is 0 Å². The van der Waals surface area contributed by atoms with Gasteiger partial charge in [0.1, 0.15) is 11.5 Å². The minimum absolute atomic E-state index is 0.391. The second-order valence-corrected chi connectivity index (χ2v) is 4.85. The summed E-state index contributed by atoms with van der Waals surface area (Å²) >= 11 is 0. The molecule has 1 heterocycles. The summed E-state index contributed by atoms with van der Waals surface area (Å²) in [7, 11) is 1.32. The first-order valence-electron chi connectivity index (χ1n) is 6.77. The van der Waals surface area contributed by atoms with Crippen LogP contribution in [0.1, 0.15) is 12.5 Å². The molecule has 2 aromatic carbocycles. The summed E-state index contributed by atoms with van der Waals surface area (Å²) in [6, 6.07) is 9.12. The molecule has 3 rings (SSSR count). The molecule has 0 N–H and O–H groups in total. The molecule has 5 nitrogen and oxygen atoms in total. The first-order valence-corrected chi connectivity index (χ1v) is 6.77. The van der Waals surface area contributed by atoms with Gasteiger partial charge in [0.25, 0.3) is 0 Å². The zero-order chi connectivity index (χ0) is 15.7. The van der Waals surface area contributed by atoms with Crippen molar-refractivity contribution in [1.82, 2.24) is 0 Å². The molecule has 0 bridgehead atoms. The number of methoxy groups -OCH3 is 1. The Kier molecular flexibility index (Phi) is 3.55. The van der Waals surface area contributed by atoms with E-state index in [1.54, 1.807) is 18.2 Å². The van der Waals surface area contributed by atoms with Crippen molar-refractivity contribution in [3.63, 3.8) is 0 Å². The number of fused-ring (bicyclic) bond motifs is 3. The highest BCUT2D eigenvalue weighted by Crippen LogP contribution is 2.40. The second kappa shape index (κ2) is 5.52. The molecule has 1 atom stereocenters. The van der Waals surface area contributed by atoms with Gasteiger partial charge in [-0.1, -0.05) is 30.3 Å². The predicted octanol–water partition coefficient (Wildman–Crippen LogP) is 2.71. The largest absolute Gasteiger partial charge is 0.473 e. The van der Waals surface area contributed by atoms with E-state index in [0.29, 0.717) is 11.5 Å². The van der Waals surface area contributed by atoms with Gasteiger partial charge in [-0.05, 0) is 12.1 Å². The number of hydrogen-bond donors (Lipinski definition) is 0. The zero-order valence-corrected chi connectivity index (χ0v) is 12.2. The lowest BCUT2D eigenvalue weighted by Gasteiger charge is -2.22. The molecule has 1 unspecified atom stereocenters. The number of rotatable bonds is 2. The molecule has 0 fully saturated rings. The van der Waals surface area contributed by atoms with Crippen molar-refractivity contribution in [2.75, 3.05) is 7.11 Å². The second-order valence-electron chi connectivity index (χ2n) is 4.85. The number of benzene rings is 2. The van der Waals surface area contributed by atoms with Crippen molar-refractivity contribution < 1.29 is 23.8 Å². The Balaban J connectivity index is 2.16. The van der Waals surface area contributed by atoms with E-state index in [4.69, 9.17) is 14.2 Å². The van der Waals surface area contributed by atoms with Crippen molar-refractivity contribution in [2.45, 2.75) is 13.0 Å². The molecule has 0 spiro atoms. The third kappa shape index (κ3) is 2.41. The molecule has 1 aliphatic rings. The molecule has 22 heavy (non-hydrogen) atoms. The molecule has 0 aliphatic carbocycles. The van der Waals surface area contributed by atoms with Crippen LogP contribution in [0, 0.1) is 0 Å². The number of carbonyl (C=O) groups excluding carboxylic acids is 2. The van der Waals surface area contributed by atoms with Crippen LogP contribution in [0.4, 0.5) is 0 Å². The number of hydrogen-bond acceptors (Lipinski definition) is 5. The van der Waals surface area contributed by atoms with E-state index in [1.807, 2.05) is 24.3 Å². The van der Waals surface area contributed by atoms with Crippen LogP contribution in [0.25, 0.3) is 16.8 Å². The topological polar surface area (TPSA) is 61.8 Å². The van der Waals surface area contributed by atoms with Gasteiger partial charge in [-0.15, -0.1) is 0 Å². The fourth-order valence-electron chi connectivity index (χ4n) is 2.43. The van der Waals surface area contributed by atoms with Crippen LogP contribution in [0.2, 0.25) is 0 Å². The van der Waals surface area contributed by atoms with Gasteiger partial charge in [-0.3, -0.25) is 4.79 Å². The smallest absolute Gasteiger partial charge is 0.351 e. The summed E-state index contributed by atoms with van der Waals surface area (Å²) in [5, 5.41) is 1.52. The highest BCUT2D eigenvalue weighted by Gasteiger charge is 2.25. The summed E-state index contributed by atoms with van der Waals surface area (Å²) in [4.78, 5) is 22.9. The van der Waals surface area contributed by atoms with Gasteiger partial charge >= 0.3 is 11.9 Å². The molecular formula is C17H14O5. The highest BCUT2D eigenvalue weighted by molar-refractivity contribution is 5.98. The lowest BCUT2D eigenvalue weighted by Crippen LogP contribution is -2.28. The van der Waals surface area contributed by atoms with E-state index < -0.39 is 18.0 Å². The molecule has 5 heteroatoms. The minimum atomic E-state index is -0.777. The van der Waals surface area contributed by atoms with Gasteiger partial charge in [0.2, 0.25) is 6.10 Å². The summed E-state index contributed by atoms with van der Waals surface area (Å²) < 4.78 is 15.7. The third-order valence-corrected chi connectivity index (χ3v) is 3.37. The van der Waals surface area contributed by atoms with Crippen molar-refractivity contribution in [3.05, 3.63) is 42.0 Å². The van der Waals surface area contributed by atoms with Gasteiger partial charge in [0, 0.05) is 23.3 Å². The molecule has 0 saturated heterocycles. The van der Waals surface area contributed by atoms with Crippen LogP contribution in [-0.4, -0.2) is 25.2 Å². The van der Waals surface area contributed by atoms with Crippen LogP contribution >= 0.6 is 0 Å². The van der Waals surface area contributed by atoms with Crippen LogP contribution in [0.5, 0.6) is 11.5 Å². The van der Waals surface area contributed by atoms with Crippen LogP contribution in [0.15, 0.2) is 36.4 Å². The predicted molar refractivity (Wildman–Crippen MR) is 80.7 cm³/mol. The van der Waals surface area contributed by atoms with Crippen LogP contribution in [-0.2, 0) is 14.3 Å². The van der Waals surface area contributed by atoms with Crippen LogP contribution < -0.4 is 9.47 Å². The Hall–Kier alpha value is -2.82. The molecule has 0 aromatic heterocycles. The van der Waals surface area contributed by atoms with E-state index in [9.17, 15) is 9.59 Å². The fourth-order valence-corrected chi connectivity index (χ4v) is 2.43. The Labute approximate surface area is 127 Å². The number of esters is 2. The molecule has 2 aromatic rings. The number of ether oxygens (including phenoxy) is 3. The lowest BCUT2D eigenvalue weighted by atomic mass is 10.0. The first-order chi connectivity index (χ1) is 10.6. The first kappa shape index (κ1) is 14.1. The molecule has 0 amide bonds. The van der Waals surface area contributed by atoms with Gasteiger partial charge in [-0.25, -0.2) is 4.79 Å². The van der Waals surface area contributed by atoms with Gasteiger partial charge in [0.15, 0.2) is 0 Å². The Morgan fingerprint density at radius 2 is 1.91 bits per heavy atom. The van der Waals surface area contributed by atoms with Gasteiger partial charge in [0.05, 0.1) is 7.11 Å². The van der Waals surface area contributed by atoms with E-state index >= 15 is 0 Å². The molecule has 0 saturated carbocycles. The monoisotopic (exact) mass is 298 g/mol. The van der Waals surface area contributed by atoms with Crippen molar-refractivity contribution in [2.24, 2.45) is 0 Å². The van der Waals surface area contributed by atoms with Crippen LogP contribution in [0.3, 0.4) is 0 Å². The number of carbonyl (C=O) groups is 2. The average Bonchev–Trinajstić information content (AvgIpc) is 2.53. The summed E-state index contributed by atoms with van der Waals surface area (Å²) in [6.45, 7) is 1.36. The molecule has 1 aliphatic heterocycles. The summed E-state index contributed by atoms with van der Waals surface area (Å²) in [6.07, 6.45) is 2.60. The quantitative estimate of drug-likeness (QED) is 0.630. The van der Waals surface area contributed by atoms with Gasteiger partial charge in [-0.2, -0.15) is 0 Å². The standard InChI is InChI=1S/C17H14O5/c1-10(18)21-15-9-11-7-8-14(17(19)20-2)22-16(11)13-6-4-3-5-12(13)15/h3-9,14H,1-2H3. The van der Waals surface area contributed by atoms with E-state index in [-0.39, 0.29) is 0 Å². The highest BCUT2D eigenvalue weighted by atomic mass is 16.6. The minimum Gasteiger partial charge on any atom is -0.473 e. The average molecular weight is 298 g/mol. The molecular weight excluding hydrogens is 284 g/mol. The van der Waals surface area contributed by atoms with E-state index in [0.717, 1.165) is 16.3 Å². The maximum absolute atomic E-state index is 11.7.